The van der Waals surface area contributed by atoms with Gasteiger partial charge in [0, 0.05) is 31.7 Å². The van der Waals surface area contributed by atoms with Crippen LogP contribution in [0.25, 0.3) is 0 Å². The Balaban J connectivity index is 1.82. The normalized spacial score (nSPS) is 33.3. The molecule has 1 heterocycles. The first kappa shape index (κ1) is 17.2. The fourth-order valence-corrected chi connectivity index (χ4v) is 4.26. The molecule has 1 saturated heterocycles. The summed E-state index contributed by atoms with van der Waals surface area (Å²) in [5.41, 5.74) is 0. The van der Waals surface area contributed by atoms with Crippen molar-refractivity contribution in [1.29, 1.82) is 0 Å². The van der Waals surface area contributed by atoms with Crippen LogP contribution in [0.15, 0.2) is 0 Å². The molecule has 2 fully saturated rings. The van der Waals surface area contributed by atoms with Crippen molar-refractivity contribution in [3.8, 4) is 0 Å². The number of hydrogen-bond acceptors (Lipinski definition) is 3. The van der Waals surface area contributed by atoms with Crippen LogP contribution in [0.4, 0.5) is 0 Å². The van der Waals surface area contributed by atoms with Gasteiger partial charge in [0.25, 0.3) is 0 Å². The standard InChI is InChI=1S/C18H36N2O/c1-14(2)9-18(20-5-7-21-8-6-20)13-19-17-11-15(3)10-16(4)12-17/h14-19H,5-13H2,1-4H3. The summed E-state index contributed by atoms with van der Waals surface area (Å²) >= 11 is 0. The minimum Gasteiger partial charge on any atom is -0.379 e. The highest BCUT2D eigenvalue weighted by Crippen LogP contribution is 2.28. The predicted octanol–water partition coefficient (Wildman–Crippen LogP) is 3.15. The summed E-state index contributed by atoms with van der Waals surface area (Å²) < 4.78 is 5.52. The number of morpholine rings is 1. The summed E-state index contributed by atoms with van der Waals surface area (Å²) in [5.74, 6) is 2.54. The maximum atomic E-state index is 5.52. The minimum absolute atomic E-state index is 0.682. The summed E-state index contributed by atoms with van der Waals surface area (Å²) in [6.07, 6.45) is 5.44. The molecule has 0 amide bonds. The van der Waals surface area contributed by atoms with Gasteiger partial charge in [-0.3, -0.25) is 4.90 Å². The molecule has 3 nitrogen and oxygen atoms in total. The summed E-state index contributed by atoms with van der Waals surface area (Å²) in [4.78, 5) is 2.65. The maximum absolute atomic E-state index is 5.52. The number of nitrogens with zero attached hydrogens (tertiary/aromatic N) is 1. The molecule has 0 aromatic rings. The van der Waals surface area contributed by atoms with Gasteiger partial charge in [0.2, 0.25) is 0 Å². The molecular weight excluding hydrogens is 260 g/mol. The van der Waals surface area contributed by atoms with Gasteiger partial charge >= 0.3 is 0 Å². The van der Waals surface area contributed by atoms with Crippen LogP contribution in [-0.4, -0.2) is 49.8 Å². The second kappa shape index (κ2) is 8.50. The first-order valence-electron chi connectivity index (χ1n) is 9.09. The van der Waals surface area contributed by atoms with E-state index in [9.17, 15) is 0 Å². The van der Waals surface area contributed by atoms with Crippen LogP contribution in [0.1, 0.15) is 53.4 Å². The Labute approximate surface area is 131 Å². The van der Waals surface area contributed by atoms with Crippen molar-refractivity contribution >= 4 is 0 Å². The molecule has 1 aliphatic carbocycles. The Morgan fingerprint density at radius 3 is 2.24 bits per heavy atom. The highest BCUT2D eigenvalue weighted by Gasteiger charge is 2.26. The van der Waals surface area contributed by atoms with Crippen LogP contribution in [0.3, 0.4) is 0 Å². The first-order valence-corrected chi connectivity index (χ1v) is 9.09. The monoisotopic (exact) mass is 296 g/mol. The average molecular weight is 296 g/mol. The first-order chi connectivity index (χ1) is 10.0. The van der Waals surface area contributed by atoms with Gasteiger partial charge in [-0.15, -0.1) is 0 Å². The van der Waals surface area contributed by atoms with Gasteiger partial charge in [0.1, 0.15) is 0 Å². The van der Waals surface area contributed by atoms with Gasteiger partial charge in [-0.25, -0.2) is 0 Å². The molecule has 3 unspecified atom stereocenters. The lowest BCUT2D eigenvalue weighted by molar-refractivity contribution is 0.0112. The van der Waals surface area contributed by atoms with Gasteiger partial charge in [-0.2, -0.15) is 0 Å². The molecule has 2 aliphatic rings. The van der Waals surface area contributed by atoms with Crippen molar-refractivity contribution in [2.24, 2.45) is 17.8 Å². The lowest BCUT2D eigenvalue weighted by atomic mass is 9.80. The van der Waals surface area contributed by atoms with Gasteiger partial charge in [-0.1, -0.05) is 27.7 Å². The van der Waals surface area contributed by atoms with Crippen molar-refractivity contribution in [3.63, 3.8) is 0 Å². The summed E-state index contributed by atoms with van der Waals surface area (Å²) in [6.45, 7) is 14.7. The van der Waals surface area contributed by atoms with Crippen molar-refractivity contribution in [3.05, 3.63) is 0 Å². The summed E-state index contributed by atoms with van der Waals surface area (Å²) in [7, 11) is 0. The Hall–Kier alpha value is -0.120. The zero-order valence-corrected chi connectivity index (χ0v) is 14.6. The van der Waals surface area contributed by atoms with E-state index in [1.165, 1.54) is 25.7 Å². The average Bonchev–Trinajstić information content (AvgIpc) is 2.43. The highest BCUT2D eigenvalue weighted by atomic mass is 16.5. The molecule has 0 aromatic carbocycles. The van der Waals surface area contributed by atoms with E-state index < -0.39 is 0 Å². The fourth-order valence-electron chi connectivity index (χ4n) is 4.26. The van der Waals surface area contributed by atoms with E-state index in [-0.39, 0.29) is 0 Å². The third-order valence-corrected chi connectivity index (χ3v) is 5.13. The summed E-state index contributed by atoms with van der Waals surface area (Å²) in [5, 5.41) is 3.90. The topological polar surface area (TPSA) is 24.5 Å². The van der Waals surface area contributed by atoms with E-state index in [1.807, 2.05) is 0 Å². The molecule has 3 heteroatoms. The van der Waals surface area contributed by atoms with Crippen molar-refractivity contribution < 1.29 is 4.74 Å². The minimum atomic E-state index is 0.682. The predicted molar refractivity (Wildman–Crippen MR) is 89.6 cm³/mol. The van der Waals surface area contributed by atoms with Crippen LogP contribution < -0.4 is 5.32 Å². The lowest BCUT2D eigenvalue weighted by Gasteiger charge is -2.38. The van der Waals surface area contributed by atoms with E-state index in [0.29, 0.717) is 6.04 Å². The Kier molecular flexibility index (Phi) is 6.97. The number of nitrogens with one attached hydrogen (secondary N) is 1. The Morgan fingerprint density at radius 2 is 1.67 bits per heavy atom. The van der Waals surface area contributed by atoms with Crippen molar-refractivity contribution in [2.45, 2.75) is 65.5 Å². The van der Waals surface area contributed by atoms with Gasteiger partial charge in [0.15, 0.2) is 0 Å². The van der Waals surface area contributed by atoms with E-state index in [1.54, 1.807) is 0 Å². The van der Waals surface area contributed by atoms with E-state index in [2.05, 4.69) is 37.9 Å². The van der Waals surface area contributed by atoms with Crippen LogP contribution in [0.5, 0.6) is 0 Å². The second-order valence-electron chi connectivity index (χ2n) is 7.95. The van der Waals surface area contributed by atoms with Crippen molar-refractivity contribution in [1.82, 2.24) is 10.2 Å². The van der Waals surface area contributed by atoms with E-state index in [0.717, 1.165) is 56.6 Å². The second-order valence-corrected chi connectivity index (χ2v) is 7.95. The van der Waals surface area contributed by atoms with Gasteiger partial charge in [0.05, 0.1) is 13.2 Å². The molecular formula is C18H36N2O. The molecule has 1 saturated carbocycles. The molecule has 0 spiro atoms. The third-order valence-electron chi connectivity index (χ3n) is 5.13. The van der Waals surface area contributed by atoms with E-state index in [4.69, 9.17) is 4.74 Å². The molecule has 0 aromatic heterocycles. The molecule has 0 bridgehead atoms. The maximum Gasteiger partial charge on any atom is 0.0594 e. The van der Waals surface area contributed by atoms with Crippen LogP contribution in [0, 0.1) is 17.8 Å². The fraction of sp³-hybridized carbons (Fsp3) is 1.00. The number of rotatable bonds is 6. The van der Waals surface area contributed by atoms with Crippen LogP contribution in [-0.2, 0) is 4.74 Å². The van der Waals surface area contributed by atoms with Gasteiger partial charge < -0.3 is 10.1 Å². The molecule has 1 N–H and O–H groups in total. The largest absolute Gasteiger partial charge is 0.379 e. The third kappa shape index (κ3) is 5.88. The molecule has 21 heavy (non-hydrogen) atoms. The lowest BCUT2D eigenvalue weighted by Crippen LogP contribution is -2.50. The van der Waals surface area contributed by atoms with Crippen molar-refractivity contribution in [2.75, 3.05) is 32.8 Å². The molecule has 3 atom stereocenters. The Morgan fingerprint density at radius 1 is 1.05 bits per heavy atom. The zero-order chi connectivity index (χ0) is 15.2. The molecule has 124 valence electrons. The summed E-state index contributed by atoms with van der Waals surface area (Å²) in [6, 6.07) is 1.42. The smallest absolute Gasteiger partial charge is 0.0594 e. The highest BCUT2D eigenvalue weighted by molar-refractivity contribution is 4.83. The number of ether oxygens (including phenoxy) is 1. The zero-order valence-electron chi connectivity index (χ0n) is 14.6. The van der Waals surface area contributed by atoms with Crippen LogP contribution in [0.2, 0.25) is 0 Å². The van der Waals surface area contributed by atoms with Crippen LogP contribution >= 0.6 is 0 Å². The Bertz CT molecular complexity index is 279. The molecule has 2 rings (SSSR count). The molecule has 1 aliphatic heterocycles. The number of hydrogen-bond donors (Lipinski definition) is 1. The molecule has 0 radical (unpaired) electrons. The quantitative estimate of drug-likeness (QED) is 0.815. The van der Waals surface area contributed by atoms with Gasteiger partial charge in [-0.05, 0) is 43.4 Å². The van der Waals surface area contributed by atoms with E-state index >= 15 is 0 Å². The SMILES string of the molecule is CC(C)CC(CNC1CC(C)CC(C)C1)N1CCOCC1.